The van der Waals surface area contributed by atoms with E-state index in [4.69, 9.17) is 11.6 Å². The van der Waals surface area contributed by atoms with Gasteiger partial charge in [-0.2, -0.15) is 4.31 Å². The number of halogens is 4. The van der Waals surface area contributed by atoms with Crippen molar-refractivity contribution in [3.8, 4) is 0 Å². The van der Waals surface area contributed by atoms with Crippen LogP contribution in [0.25, 0.3) is 0 Å². The van der Waals surface area contributed by atoms with Gasteiger partial charge in [0.1, 0.15) is 4.90 Å². The van der Waals surface area contributed by atoms with Crippen molar-refractivity contribution in [2.45, 2.75) is 17.2 Å². The third kappa shape index (κ3) is 3.60. The van der Waals surface area contributed by atoms with Crippen molar-refractivity contribution in [1.82, 2.24) is 4.31 Å². The van der Waals surface area contributed by atoms with Crippen LogP contribution in [0.2, 0.25) is 0 Å². The van der Waals surface area contributed by atoms with Gasteiger partial charge in [0.05, 0.1) is 16.2 Å². The molecule has 0 saturated heterocycles. The molecule has 0 saturated carbocycles. The average molecular weight is 369 g/mol. The van der Waals surface area contributed by atoms with Gasteiger partial charge in [0, 0.05) is 11.9 Å². The molecule has 0 bridgehead atoms. The van der Waals surface area contributed by atoms with E-state index in [1.807, 2.05) is 0 Å². The molecule has 0 unspecified atom stereocenters. The van der Waals surface area contributed by atoms with Crippen LogP contribution in [0.5, 0.6) is 0 Å². The number of hydrogen-bond acceptors (Lipinski definition) is 3. The Balaban J connectivity index is 3.08. The van der Waals surface area contributed by atoms with E-state index in [0.29, 0.717) is 13.0 Å². The second-order valence-electron chi connectivity index (χ2n) is 3.16. The smallest absolute Gasteiger partial charge is 0.209 e. The van der Waals surface area contributed by atoms with Crippen molar-refractivity contribution >= 4 is 48.9 Å². The monoisotopic (exact) mass is 367 g/mol. The molecule has 0 aliphatic carbocycles. The van der Waals surface area contributed by atoms with Crippen molar-refractivity contribution in [2.24, 2.45) is 0 Å². The Morgan fingerprint density at radius 3 is 2.59 bits per heavy atom. The van der Waals surface area contributed by atoms with Gasteiger partial charge in [-0.1, -0.05) is 0 Å². The zero-order valence-electron chi connectivity index (χ0n) is 8.66. The van der Waals surface area contributed by atoms with E-state index < -0.39 is 23.0 Å². The van der Waals surface area contributed by atoms with Gasteiger partial charge >= 0.3 is 0 Å². The molecule has 1 rings (SSSR count). The van der Waals surface area contributed by atoms with Crippen LogP contribution in [-0.4, -0.2) is 32.7 Å². The highest BCUT2D eigenvalue weighted by Crippen LogP contribution is 2.34. The summed E-state index contributed by atoms with van der Waals surface area (Å²) < 4.78 is 49.2. The normalized spacial score (nSPS) is 12.6. The fourth-order valence-corrected chi connectivity index (χ4v) is 4.97. The molecular formula is C8H9BrClF2NO2S2. The van der Waals surface area contributed by atoms with Crippen molar-refractivity contribution in [3.05, 3.63) is 14.7 Å². The van der Waals surface area contributed by atoms with Gasteiger partial charge in [0.25, 0.3) is 6.43 Å². The molecule has 0 atom stereocenters. The zero-order valence-corrected chi connectivity index (χ0v) is 12.6. The molecular weight excluding hydrogens is 360 g/mol. The van der Waals surface area contributed by atoms with E-state index in [1.165, 1.54) is 17.4 Å². The van der Waals surface area contributed by atoms with Crippen molar-refractivity contribution in [1.29, 1.82) is 0 Å². The van der Waals surface area contributed by atoms with Crippen LogP contribution in [0.4, 0.5) is 8.78 Å². The van der Waals surface area contributed by atoms with Crippen LogP contribution < -0.4 is 0 Å². The molecule has 17 heavy (non-hydrogen) atoms. The van der Waals surface area contributed by atoms with Gasteiger partial charge in [-0.25, -0.2) is 17.2 Å². The maximum absolute atomic E-state index is 12.2. The molecule has 9 heteroatoms. The molecule has 0 N–H and O–H groups in total. The molecule has 1 aromatic heterocycles. The van der Waals surface area contributed by atoms with Crippen LogP contribution in [0.3, 0.4) is 0 Å². The Hall–Kier alpha value is 0.240. The molecule has 0 aromatic carbocycles. The quantitative estimate of drug-likeness (QED) is 0.749. The van der Waals surface area contributed by atoms with Gasteiger partial charge in [-0.15, -0.1) is 22.9 Å². The lowest BCUT2D eigenvalue weighted by molar-refractivity contribution is 0.126. The number of rotatable bonds is 5. The first kappa shape index (κ1) is 15.3. The summed E-state index contributed by atoms with van der Waals surface area (Å²) in [5.74, 6) is 0.178. The largest absolute Gasteiger partial charge is 0.252 e. The minimum absolute atomic E-state index is 0.0266. The van der Waals surface area contributed by atoms with E-state index >= 15 is 0 Å². The minimum Gasteiger partial charge on any atom is -0.209 e. The Bertz CT molecular complexity index is 492. The van der Waals surface area contributed by atoms with Crippen LogP contribution in [-0.2, 0) is 15.9 Å². The molecule has 0 spiro atoms. The standard InChI is InChI=1S/C8H9BrClF2NO2S2/c1-13(4-7(11)12)17(14,15)6-2-5(3-10)16-8(6)9/h2,7H,3-4H2,1H3. The lowest BCUT2D eigenvalue weighted by Crippen LogP contribution is -2.31. The third-order valence-electron chi connectivity index (χ3n) is 1.92. The summed E-state index contributed by atoms with van der Waals surface area (Å²) >= 11 is 9.85. The highest BCUT2D eigenvalue weighted by atomic mass is 79.9. The zero-order chi connectivity index (χ0) is 13.2. The summed E-state index contributed by atoms with van der Waals surface area (Å²) in [5, 5.41) is 0. The summed E-state index contributed by atoms with van der Waals surface area (Å²) in [6.45, 7) is -0.833. The van der Waals surface area contributed by atoms with Crippen LogP contribution in [0, 0.1) is 0 Å². The second-order valence-corrected chi connectivity index (χ2v) is 7.90. The maximum Gasteiger partial charge on any atom is 0.252 e. The van der Waals surface area contributed by atoms with Crippen LogP contribution in [0.15, 0.2) is 14.7 Å². The summed E-state index contributed by atoms with van der Waals surface area (Å²) in [5.41, 5.74) is 0. The van der Waals surface area contributed by atoms with Gasteiger partial charge in [-0.3, -0.25) is 0 Å². The van der Waals surface area contributed by atoms with E-state index in [2.05, 4.69) is 15.9 Å². The topological polar surface area (TPSA) is 37.4 Å². The summed E-state index contributed by atoms with van der Waals surface area (Å²) in [7, 11) is -2.78. The van der Waals surface area contributed by atoms with E-state index in [-0.39, 0.29) is 10.8 Å². The molecule has 1 aromatic rings. The summed E-state index contributed by atoms with van der Waals surface area (Å²) in [6.07, 6.45) is -2.71. The van der Waals surface area contributed by atoms with Crippen LogP contribution in [0.1, 0.15) is 4.88 Å². The number of thiophene rings is 1. The Kier molecular flexibility index (Phi) is 5.33. The molecule has 0 aliphatic heterocycles. The lowest BCUT2D eigenvalue weighted by Gasteiger charge is -2.15. The minimum atomic E-state index is -3.90. The van der Waals surface area contributed by atoms with Crippen LogP contribution >= 0.6 is 38.9 Å². The van der Waals surface area contributed by atoms with Gasteiger partial charge in [0.15, 0.2) is 0 Å². The predicted molar refractivity (Wildman–Crippen MR) is 67.4 cm³/mol. The molecule has 0 fully saturated rings. The highest BCUT2D eigenvalue weighted by Gasteiger charge is 2.27. The number of nitrogens with zero attached hydrogens (tertiary/aromatic N) is 1. The number of sulfonamides is 1. The molecule has 98 valence electrons. The van der Waals surface area contributed by atoms with E-state index in [0.717, 1.165) is 7.05 Å². The number of hydrogen-bond donors (Lipinski definition) is 0. The molecule has 0 radical (unpaired) electrons. The summed E-state index contributed by atoms with van der Waals surface area (Å²) in [6, 6.07) is 1.39. The van der Waals surface area contributed by atoms with Crippen molar-refractivity contribution in [3.63, 3.8) is 0 Å². The first-order chi connectivity index (χ1) is 7.78. The highest BCUT2D eigenvalue weighted by molar-refractivity contribution is 9.11. The maximum atomic E-state index is 12.2. The molecule has 0 amide bonds. The Morgan fingerprint density at radius 2 is 2.18 bits per heavy atom. The number of alkyl halides is 3. The second kappa shape index (κ2) is 5.92. The Labute approximate surface area is 116 Å². The van der Waals surface area contributed by atoms with Gasteiger partial charge in [-0.05, 0) is 22.0 Å². The van der Waals surface area contributed by atoms with Crippen molar-refractivity contribution in [2.75, 3.05) is 13.6 Å². The van der Waals surface area contributed by atoms with E-state index in [1.54, 1.807) is 0 Å². The first-order valence-electron chi connectivity index (χ1n) is 4.37. The SMILES string of the molecule is CN(CC(F)F)S(=O)(=O)c1cc(CCl)sc1Br. The molecule has 1 heterocycles. The van der Waals surface area contributed by atoms with Gasteiger partial charge in [0.2, 0.25) is 10.0 Å². The summed E-state index contributed by atoms with van der Waals surface area (Å²) in [4.78, 5) is 0.629. The van der Waals surface area contributed by atoms with E-state index in [9.17, 15) is 17.2 Å². The van der Waals surface area contributed by atoms with Crippen molar-refractivity contribution < 1.29 is 17.2 Å². The predicted octanol–water partition coefficient (Wildman–Crippen LogP) is 3.14. The molecule has 3 nitrogen and oxygen atoms in total. The fourth-order valence-electron chi connectivity index (χ4n) is 1.10. The average Bonchev–Trinajstić information content (AvgIpc) is 2.59. The lowest BCUT2D eigenvalue weighted by atomic mass is 10.5. The van der Waals surface area contributed by atoms with Gasteiger partial charge < -0.3 is 0 Å². The fraction of sp³-hybridized carbons (Fsp3) is 0.500. The first-order valence-corrected chi connectivity index (χ1v) is 7.96. The third-order valence-corrected chi connectivity index (χ3v) is 6.44. The Morgan fingerprint density at radius 1 is 1.59 bits per heavy atom. The molecule has 0 aliphatic rings.